The maximum atomic E-state index is 5.60. The molecular weight excluding hydrogens is 220 g/mol. The van der Waals surface area contributed by atoms with Crippen LogP contribution in [-0.2, 0) is 4.74 Å². The molecule has 1 aliphatic heterocycles. The van der Waals surface area contributed by atoms with Crippen molar-refractivity contribution in [2.24, 2.45) is 0 Å². The number of rotatable bonds is 5. The first-order valence-electron chi connectivity index (χ1n) is 6.09. The topological polar surface area (TPSA) is 72.2 Å². The summed E-state index contributed by atoms with van der Waals surface area (Å²) >= 11 is 0. The number of anilines is 1. The zero-order chi connectivity index (χ0) is 12.3. The van der Waals surface area contributed by atoms with Crippen LogP contribution in [0.1, 0.15) is 38.6 Å². The van der Waals surface area contributed by atoms with Gasteiger partial charge in [0.05, 0.1) is 18.2 Å². The van der Waals surface area contributed by atoms with E-state index in [-0.39, 0.29) is 18.2 Å². The molecule has 0 radical (unpaired) electrons. The lowest BCUT2D eigenvalue weighted by atomic mass is 10.1. The molecule has 2 heterocycles. The van der Waals surface area contributed by atoms with Crippen molar-refractivity contribution in [1.29, 1.82) is 0 Å². The van der Waals surface area contributed by atoms with E-state index >= 15 is 0 Å². The Kier molecular flexibility index (Phi) is 3.96. The van der Waals surface area contributed by atoms with E-state index in [0.29, 0.717) is 11.9 Å². The first-order chi connectivity index (χ1) is 8.20. The van der Waals surface area contributed by atoms with E-state index in [4.69, 9.17) is 9.15 Å². The fraction of sp³-hybridized carbons (Fsp3) is 0.818. The van der Waals surface area contributed by atoms with Crippen LogP contribution < -0.4 is 10.6 Å². The minimum absolute atomic E-state index is 0.0658. The summed E-state index contributed by atoms with van der Waals surface area (Å²) in [4.78, 5) is 0. The molecule has 0 aromatic carbocycles. The molecule has 6 nitrogen and oxygen atoms in total. The van der Waals surface area contributed by atoms with Crippen molar-refractivity contribution in [3.63, 3.8) is 0 Å². The Labute approximate surface area is 101 Å². The van der Waals surface area contributed by atoms with E-state index in [9.17, 15) is 0 Å². The van der Waals surface area contributed by atoms with Crippen LogP contribution in [0.25, 0.3) is 0 Å². The molecule has 96 valence electrons. The SMILES string of the molecule is CNC(C)c1nnc(NC(C)C2CCCO2)o1. The van der Waals surface area contributed by atoms with Gasteiger partial charge in [-0.15, -0.1) is 5.10 Å². The van der Waals surface area contributed by atoms with Crippen molar-refractivity contribution >= 4 is 6.01 Å². The van der Waals surface area contributed by atoms with Gasteiger partial charge < -0.3 is 19.8 Å². The first kappa shape index (κ1) is 12.3. The number of nitrogens with zero attached hydrogens (tertiary/aromatic N) is 2. The molecule has 6 heteroatoms. The molecule has 2 N–H and O–H groups in total. The number of nitrogens with one attached hydrogen (secondary N) is 2. The predicted octanol–water partition coefficient (Wildman–Crippen LogP) is 1.33. The molecule has 1 fully saturated rings. The van der Waals surface area contributed by atoms with Crippen LogP contribution in [0, 0.1) is 0 Å². The van der Waals surface area contributed by atoms with Crippen molar-refractivity contribution in [3.05, 3.63) is 5.89 Å². The van der Waals surface area contributed by atoms with Gasteiger partial charge in [-0.1, -0.05) is 5.10 Å². The van der Waals surface area contributed by atoms with Crippen molar-refractivity contribution in [2.75, 3.05) is 19.0 Å². The second kappa shape index (κ2) is 5.46. The second-order valence-electron chi connectivity index (χ2n) is 4.44. The van der Waals surface area contributed by atoms with Crippen LogP contribution in [0.2, 0.25) is 0 Å². The van der Waals surface area contributed by atoms with Crippen molar-refractivity contribution < 1.29 is 9.15 Å². The number of hydrogen-bond donors (Lipinski definition) is 2. The van der Waals surface area contributed by atoms with E-state index < -0.39 is 0 Å². The summed E-state index contributed by atoms with van der Waals surface area (Å²) in [7, 11) is 1.86. The van der Waals surface area contributed by atoms with Gasteiger partial charge in [-0.2, -0.15) is 0 Å². The summed E-state index contributed by atoms with van der Waals surface area (Å²) < 4.78 is 11.1. The third kappa shape index (κ3) is 2.95. The second-order valence-corrected chi connectivity index (χ2v) is 4.44. The molecule has 1 aromatic heterocycles. The Morgan fingerprint density at radius 1 is 1.35 bits per heavy atom. The highest BCUT2D eigenvalue weighted by molar-refractivity contribution is 5.20. The van der Waals surface area contributed by atoms with E-state index in [0.717, 1.165) is 19.4 Å². The van der Waals surface area contributed by atoms with Gasteiger partial charge in [0, 0.05) is 6.61 Å². The van der Waals surface area contributed by atoms with Crippen molar-refractivity contribution in [1.82, 2.24) is 15.5 Å². The van der Waals surface area contributed by atoms with Gasteiger partial charge >= 0.3 is 6.01 Å². The Bertz CT molecular complexity index is 349. The van der Waals surface area contributed by atoms with Crippen LogP contribution in [0.3, 0.4) is 0 Å². The zero-order valence-electron chi connectivity index (χ0n) is 10.6. The standard InChI is InChI=1S/C11H20N4O2/c1-7(9-5-4-6-16-9)13-11-15-14-10(17-11)8(2)12-3/h7-9,12H,4-6H2,1-3H3,(H,13,15). The molecule has 17 heavy (non-hydrogen) atoms. The first-order valence-corrected chi connectivity index (χ1v) is 6.09. The molecule has 3 unspecified atom stereocenters. The average Bonchev–Trinajstić information content (AvgIpc) is 2.98. The quantitative estimate of drug-likeness (QED) is 0.809. The summed E-state index contributed by atoms with van der Waals surface area (Å²) in [6.45, 7) is 4.89. The molecular formula is C11H20N4O2. The molecule has 1 saturated heterocycles. The van der Waals surface area contributed by atoms with Crippen LogP contribution >= 0.6 is 0 Å². The molecule has 0 aliphatic carbocycles. The minimum atomic E-state index is 0.0658. The van der Waals surface area contributed by atoms with Gasteiger partial charge in [0.25, 0.3) is 0 Å². The van der Waals surface area contributed by atoms with Gasteiger partial charge in [0.2, 0.25) is 5.89 Å². The van der Waals surface area contributed by atoms with Crippen LogP contribution in [0.5, 0.6) is 0 Å². The fourth-order valence-corrected chi connectivity index (χ4v) is 1.88. The van der Waals surface area contributed by atoms with Crippen LogP contribution in [-0.4, -0.2) is 36.0 Å². The fourth-order valence-electron chi connectivity index (χ4n) is 1.88. The highest BCUT2D eigenvalue weighted by Gasteiger charge is 2.23. The van der Waals surface area contributed by atoms with Crippen LogP contribution in [0.4, 0.5) is 6.01 Å². The third-order valence-corrected chi connectivity index (χ3v) is 3.12. The van der Waals surface area contributed by atoms with Crippen LogP contribution in [0.15, 0.2) is 4.42 Å². The maximum absolute atomic E-state index is 5.60. The minimum Gasteiger partial charge on any atom is -0.406 e. The molecule has 0 bridgehead atoms. The van der Waals surface area contributed by atoms with Crippen molar-refractivity contribution in [3.8, 4) is 0 Å². The van der Waals surface area contributed by atoms with Gasteiger partial charge in [0.1, 0.15) is 0 Å². The van der Waals surface area contributed by atoms with E-state index in [1.54, 1.807) is 0 Å². The average molecular weight is 240 g/mol. The number of ether oxygens (including phenoxy) is 1. The molecule has 0 spiro atoms. The Morgan fingerprint density at radius 3 is 2.82 bits per heavy atom. The summed E-state index contributed by atoms with van der Waals surface area (Å²) in [6.07, 6.45) is 2.46. The molecule has 0 amide bonds. The summed E-state index contributed by atoms with van der Waals surface area (Å²) in [5.74, 6) is 0.592. The summed E-state index contributed by atoms with van der Waals surface area (Å²) in [5.41, 5.74) is 0. The molecule has 1 aliphatic rings. The van der Waals surface area contributed by atoms with E-state index in [2.05, 4.69) is 27.8 Å². The summed E-state index contributed by atoms with van der Waals surface area (Å²) in [5, 5.41) is 14.2. The van der Waals surface area contributed by atoms with Gasteiger partial charge in [-0.05, 0) is 33.7 Å². The normalized spacial score (nSPS) is 23.6. The molecule has 0 saturated carbocycles. The highest BCUT2D eigenvalue weighted by Crippen LogP contribution is 2.19. The Morgan fingerprint density at radius 2 is 2.18 bits per heavy atom. The van der Waals surface area contributed by atoms with Crippen molar-refractivity contribution in [2.45, 2.75) is 44.9 Å². The Hall–Kier alpha value is -1.14. The lowest BCUT2D eigenvalue weighted by Gasteiger charge is -2.18. The van der Waals surface area contributed by atoms with Gasteiger partial charge in [-0.25, -0.2) is 0 Å². The number of hydrogen-bond acceptors (Lipinski definition) is 6. The smallest absolute Gasteiger partial charge is 0.315 e. The molecule has 2 rings (SSSR count). The number of aromatic nitrogens is 2. The lowest BCUT2D eigenvalue weighted by Crippen LogP contribution is -2.30. The monoisotopic (exact) mass is 240 g/mol. The van der Waals surface area contributed by atoms with E-state index in [1.165, 1.54) is 0 Å². The highest BCUT2D eigenvalue weighted by atomic mass is 16.5. The largest absolute Gasteiger partial charge is 0.406 e. The Balaban J connectivity index is 1.91. The third-order valence-electron chi connectivity index (χ3n) is 3.12. The van der Waals surface area contributed by atoms with Gasteiger partial charge in [-0.3, -0.25) is 0 Å². The summed E-state index contributed by atoms with van der Waals surface area (Å²) in [6, 6.07) is 0.719. The lowest BCUT2D eigenvalue weighted by molar-refractivity contribution is 0.0989. The molecule has 1 aromatic rings. The van der Waals surface area contributed by atoms with E-state index in [1.807, 2.05) is 14.0 Å². The maximum Gasteiger partial charge on any atom is 0.315 e. The van der Waals surface area contributed by atoms with Gasteiger partial charge in [0.15, 0.2) is 0 Å². The zero-order valence-corrected chi connectivity index (χ0v) is 10.6. The predicted molar refractivity (Wildman–Crippen MR) is 63.8 cm³/mol. The molecule has 3 atom stereocenters.